The fourth-order valence-electron chi connectivity index (χ4n) is 2.14. The summed E-state index contributed by atoms with van der Waals surface area (Å²) in [5.41, 5.74) is 4.74. The molecule has 0 atom stereocenters. The van der Waals surface area contributed by atoms with E-state index in [4.69, 9.17) is 0 Å². The second-order valence-electron chi connectivity index (χ2n) is 4.95. The Morgan fingerprint density at radius 3 is 2.35 bits per heavy atom. The summed E-state index contributed by atoms with van der Waals surface area (Å²) in [5, 5.41) is 8.99. The topological polar surface area (TPSA) is 35.6 Å². The van der Waals surface area contributed by atoms with Crippen LogP contribution in [0.1, 0.15) is 42.3 Å². The summed E-state index contributed by atoms with van der Waals surface area (Å²) in [4.78, 5) is 0. The summed E-state index contributed by atoms with van der Waals surface area (Å²) in [6.07, 6.45) is 4.17. The maximum atomic E-state index is 4.54. The minimum absolute atomic E-state index is 0.522. The van der Waals surface area contributed by atoms with E-state index in [0.29, 0.717) is 5.92 Å². The van der Waals surface area contributed by atoms with E-state index < -0.39 is 0 Å². The molecule has 2 rings (SSSR count). The summed E-state index contributed by atoms with van der Waals surface area (Å²) in [5.74, 6) is 0.522. The van der Waals surface area contributed by atoms with Gasteiger partial charge in [-0.1, -0.05) is 13.8 Å². The molecule has 4 heteroatoms. The van der Waals surface area contributed by atoms with Crippen LogP contribution in [0.3, 0.4) is 0 Å². The van der Waals surface area contributed by atoms with Gasteiger partial charge in [-0.25, -0.2) is 0 Å². The van der Waals surface area contributed by atoms with E-state index in [9.17, 15) is 0 Å². The zero-order valence-corrected chi connectivity index (χ0v) is 11.2. The van der Waals surface area contributed by atoms with Crippen molar-refractivity contribution in [1.29, 1.82) is 0 Å². The van der Waals surface area contributed by atoms with Crippen LogP contribution in [-0.4, -0.2) is 19.6 Å². The average molecular weight is 232 g/mol. The van der Waals surface area contributed by atoms with Gasteiger partial charge < -0.3 is 0 Å². The predicted octanol–water partition coefficient (Wildman–Crippen LogP) is 2.41. The quantitative estimate of drug-likeness (QED) is 0.814. The van der Waals surface area contributed by atoms with Crippen molar-refractivity contribution < 1.29 is 0 Å². The van der Waals surface area contributed by atoms with E-state index in [0.717, 1.165) is 17.9 Å². The highest BCUT2D eigenvalue weighted by molar-refractivity contribution is 5.21. The van der Waals surface area contributed by atoms with Crippen LogP contribution in [0.15, 0.2) is 12.4 Å². The highest BCUT2D eigenvalue weighted by atomic mass is 15.3. The van der Waals surface area contributed by atoms with Crippen LogP contribution in [-0.2, 0) is 13.6 Å². The Balaban J connectivity index is 2.25. The molecule has 0 aliphatic carbocycles. The van der Waals surface area contributed by atoms with E-state index in [2.05, 4.69) is 44.1 Å². The summed E-state index contributed by atoms with van der Waals surface area (Å²) >= 11 is 0. The van der Waals surface area contributed by atoms with Gasteiger partial charge in [-0.2, -0.15) is 10.2 Å². The maximum Gasteiger partial charge on any atom is 0.0868 e. The highest BCUT2D eigenvalue weighted by Crippen LogP contribution is 2.18. The van der Waals surface area contributed by atoms with Crippen molar-refractivity contribution in [1.82, 2.24) is 19.6 Å². The van der Waals surface area contributed by atoms with E-state index in [-0.39, 0.29) is 0 Å². The smallest absolute Gasteiger partial charge is 0.0868 e. The molecule has 2 aromatic rings. The molecule has 4 nitrogen and oxygen atoms in total. The van der Waals surface area contributed by atoms with E-state index in [1.165, 1.54) is 11.1 Å². The van der Waals surface area contributed by atoms with Crippen LogP contribution in [0.25, 0.3) is 0 Å². The number of rotatable bonds is 3. The van der Waals surface area contributed by atoms with E-state index >= 15 is 0 Å². The highest BCUT2D eigenvalue weighted by Gasteiger charge is 2.10. The SMILES string of the molecule is Cc1cn(C)nc1Cn1cc(C(C)C)c(C)n1. The molecule has 0 fully saturated rings. The first-order chi connectivity index (χ1) is 7.97. The van der Waals surface area contributed by atoms with Gasteiger partial charge in [0.15, 0.2) is 0 Å². The van der Waals surface area contributed by atoms with Crippen LogP contribution in [0.4, 0.5) is 0 Å². The minimum atomic E-state index is 0.522. The summed E-state index contributed by atoms with van der Waals surface area (Å²) in [7, 11) is 1.95. The molecule has 17 heavy (non-hydrogen) atoms. The Morgan fingerprint density at radius 2 is 1.88 bits per heavy atom. The molecule has 0 saturated heterocycles. The molecule has 0 aliphatic heterocycles. The molecule has 0 aromatic carbocycles. The Hall–Kier alpha value is -1.58. The molecular weight excluding hydrogens is 212 g/mol. The summed E-state index contributed by atoms with van der Waals surface area (Å²) in [6, 6.07) is 0. The molecule has 0 unspecified atom stereocenters. The number of hydrogen-bond donors (Lipinski definition) is 0. The minimum Gasteiger partial charge on any atom is -0.275 e. The molecule has 0 spiro atoms. The number of aromatic nitrogens is 4. The van der Waals surface area contributed by atoms with Crippen LogP contribution >= 0.6 is 0 Å². The fourth-order valence-corrected chi connectivity index (χ4v) is 2.14. The van der Waals surface area contributed by atoms with E-state index in [1.54, 1.807) is 0 Å². The zero-order chi connectivity index (χ0) is 12.6. The van der Waals surface area contributed by atoms with Gasteiger partial charge in [0.1, 0.15) is 0 Å². The molecule has 0 bridgehead atoms. The first kappa shape index (κ1) is 11.9. The molecule has 0 radical (unpaired) electrons. The van der Waals surface area contributed by atoms with Gasteiger partial charge in [0, 0.05) is 19.4 Å². The molecule has 0 N–H and O–H groups in total. The lowest BCUT2D eigenvalue weighted by molar-refractivity contribution is 0.643. The third-order valence-electron chi connectivity index (χ3n) is 3.03. The van der Waals surface area contributed by atoms with Crippen molar-refractivity contribution in [2.45, 2.75) is 40.2 Å². The summed E-state index contributed by atoms with van der Waals surface area (Å²) in [6.45, 7) is 9.29. The Kier molecular flexibility index (Phi) is 3.05. The molecule has 0 saturated carbocycles. The standard InChI is InChI=1S/C13H20N4/c1-9(2)12-7-17(14-11(12)4)8-13-10(3)6-16(5)15-13/h6-7,9H,8H2,1-5H3. The number of nitrogens with zero attached hydrogens (tertiary/aromatic N) is 4. The predicted molar refractivity (Wildman–Crippen MR) is 68.1 cm³/mol. The molecule has 92 valence electrons. The van der Waals surface area contributed by atoms with Crippen molar-refractivity contribution in [3.05, 3.63) is 34.9 Å². The van der Waals surface area contributed by atoms with Gasteiger partial charge in [-0.3, -0.25) is 9.36 Å². The van der Waals surface area contributed by atoms with Gasteiger partial charge >= 0.3 is 0 Å². The first-order valence-corrected chi connectivity index (χ1v) is 6.00. The monoisotopic (exact) mass is 232 g/mol. The van der Waals surface area contributed by atoms with Crippen LogP contribution < -0.4 is 0 Å². The molecule has 0 aliphatic rings. The summed E-state index contributed by atoms with van der Waals surface area (Å²) < 4.78 is 3.84. The molecule has 2 aromatic heterocycles. The van der Waals surface area contributed by atoms with Crippen LogP contribution in [0.2, 0.25) is 0 Å². The Morgan fingerprint density at radius 1 is 1.18 bits per heavy atom. The maximum absolute atomic E-state index is 4.54. The molecule has 2 heterocycles. The van der Waals surface area contributed by atoms with Crippen molar-refractivity contribution in [3.63, 3.8) is 0 Å². The first-order valence-electron chi connectivity index (χ1n) is 6.00. The number of hydrogen-bond acceptors (Lipinski definition) is 2. The van der Waals surface area contributed by atoms with Crippen molar-refractivity contribution in [2.24, 2.45) is 7.05 Å². The van der Waals surface area contributed by atoms with Gasteiger partial charge in [0.25, 0.3) is 0 Å². The van der Waals surface area contributed by atoms with E-state index in [1.807, 2.05) is 22.6 Å². The second kappa shape index (κ2) is 4.35. The van der Waals surface area contributed by atoms with Crippen LogP contribution in [0.5, 0.6) is 0 Å². The second-order valence-corrected chi connectivity index (χ2v) is 4.95. The lowest BCUT2D eigenvalue weighted by Gasteiger charge is -2.00. The zero-order valence-electron chi connectivity index (χ0n) is 11.2. The fraction of sp³-hybridized carbons (Fsp3) is 0.538. The molecule has 0 amide bonds. The van der Waals surface area contributed by atoms with Crippen molar-refractivity contribution >= 4 is 0 Å². The normalized spacial score (nSPS) is 11.4. The number of aryl methyl sites for hydroxylation is 3. The largest absolute Gasteiger partial charge is 0.275 e. The average Bonchev–Trinajstić information content (AvgIpc) is 2.71. The van der Waals surface area contributed by atoms with Crippen molar-refractivity contribution in [2.75, 3.05) is 0 Å². The molecular formula is C13H20N4. The van der Waals surface area contributed by atoms with Gasteiger partial charge in [0.2, 0.25) is 0 Å². The lowest BCUT2D eigenvalue weighted by atomic mass is 10.1. The third kappa shape index (κ3) is 2.40. The third-order valence-corrected chi connectivity index (χ3v) is 3.03. The Bertz CT molecular complexity index is 520. The Labute approximate surface area is 102 Å². The van der Waals surface area contributed by atoms with Crippen LogP contribution in [0, 0.1) is 13.8 Å². The van der Waals surface area contributed by atoms with Gasteiger partial charge in [-0.15, -0.1) is 0 Å². The van der Waals surface area contributed by atoms with Gasteiger partial charge in [0.05, 0.1) is 17.9 Å². The lowest BCUT2D eigenvalue weighted by Crippen LogP contribution is -2.03. The van der Waals surface area contributed by atoms with Crippen molar-refractivity contribution in [3.8, 4) is 0 Å². The van der Waals surface area contributed by atoms with Gasteiger partial charge in [-0.05, 0) is 30.9 Å².